The third-order valence-corrected chi connectivity index (χ3v) is 4.66. The molecule has 1 aromatic carbocycles. The summed E-state index contributed by atoms with van der Waals surface area (Å²) in [5.74, 6) is -1.83. The predicted molar refractivity (Wildman–Crippen MR) is 99.1 cm³/mol. The number of benzene rings is 1. The Morgan fingerprint density at radius 3 is 2.30 bits per heavy atom. The molecule has 0 unspecified atom stereocenters. The van der Waals surface area contributed by atoms with Crippen LogP contribution < -0.4 is 5.32 Å². The van der Waals surface area contributed by atoms with E-state index in [2.05, 4.69) is 19.2 Å². The van der Waals surface area contributed by atoms with Crippen LogP contribution in [0.25, 0.3) is 0 Å². The van der Waals surface area contributed by atoms with E-state index in [0.717, 1.165) is 30.6 Å². The highest BCUT2D eigenvalue weighted by atomic mass is 16.5. The van der Waals surface area contributed by atoms with E-state index >= 15 is 0 Å². The second-order valence-electron chi connectivity index (χ2n) is 6.62. The van der Waals surface area contributed by atoms with Gasteiger partial charge in [-0.25, -0.2) is 0 Å². The van der Waals surface area contributed by atoms with Crippen molar-refractivity contribution in [3.63, 3.8) is 0 Å². The van der Waals surface area contributed by atoms with Crippen LogP contribution in [0.5, 0.6) is 0 Å². The lowest BCUT2D eigenvalue weighted by Gasteiger charge is -2.16. The standard InChI is InChI=1S/C20H26N2O5/c1-3-5-8-14(4-2)11-21-17(23)13-27-18(24)12-22-19(25)15-9-6-7-10-16(15)20(22)26/h6-7,9-10,14H,3-5,8,11-13H2,1-2H3,(H,21,23)/t14-/m0/s1. The number of amides is 3. The number of imide groups is 1. The summed E-state index contributed by atoms with van der Waals surface area (Å²) >= 11 is 0. The second-order valence-corrected chi connectivity index (χ2v) is 6.62. The Hall–Kier alpha value is -2.70. The number of carbonyl (C=O) groups excluding carboxylic acids is 4. The molecule has 0 saturated heterocycles. The van der Waals surface area contributed by atoms with E-state index in [1.165, 1.54) is 12.1 Å². The van der Waals surface area contributed by atoms with Crippen molar-refractivity contribution in [2.45, 2.75) is 39.5 Å². The van der Waals surface area contributed by atoms with Crippen molar-refractivity contribution in [2.75, 3.05) is 19.7 Å². The molecule has 3 amide bonds. The highest BCUT2D eigenvalue weighted by Gasteiger charge is 2.36. The van der Waals surface area contributed by atoms with Gasteiger partial charge < -0.3 is 10.1 Å². The van der Waals surface area contributed by atoms with Crippen molar-refractivity contribution < 1.29 is 23.9 Å². The van der Waals surface area contributed by atoms with Crippen LogP contribution in [0.3, 0.4) is 0 Å². The molecule has 0 bridgehead atoms. The van der Waals surface area contributed by atoms with Gasteiger partial charge in [0.1, 0.15) is 6.54 Å². The Morgan fingerprint density at radius 2 is 1.74 bits per heavy atom. The Balaban J connectivity index is 1.76. The molecular weight excluding hydrogens is 348 g/mol. The summed E-state index contributed by atoms with van der Waals surface area (Å²) < 4.78 is 4.91. The van der Waals surface area contributed by atoms with Gasteiger partial charge in [0.2, 0.25) is 0 Å². The summed E-state index contributed by atoms with van der Waals surface area (Å²) in [6.45, 7) is 3.82. The number of hydrogen-bond donors (Lipinski definition) is 1. The molecule has 0 fully saturated rings. The summed E-state index contributed by atoms with van der Waals surface area (Å²) in [4.78, 5) is 49.0. The quantitative estimate of drug-likeness (QED) is 0.500. The van der Waals surface area contributed by atoms with Crippen LogP contribution in [-0.2, 0) is 14.3 Å². The van der Waals surface area contributed by atoms with Crippen LogP contribution in [0.4, 0.5) is 0 Å². The normalized spacial score (nSPS) is 14.1. The number of nitrogens with one attached hydrogen (secondary N) is 1. The van der Waals surface area contributed by atoms with E-state index in [1.54, 1.807) is 12.1 Å². The minimum absolute atomic E-state index is 0.269. The van der Waals surface area contributed by atoms with Crippen LogP contribution in [0.2, 0.25) is 0 Å². The first-order valence-corrected chi connectivity index (χ1v) is 9.35. The zero-order chi connectivity index (χ0) is 19.8. The van der Waals surface area contributed by atoms with Gasteiger partial charge in [-0.2, -0.15) is 0 Å². The molecule has 1 atom stereocenters. The first-order valence-electron chi connectivity index (χ1n) is 9.35. The largest absolute Gasteiger partial charge is 0.454 e. The number of hydrogen-bond acceptors (Lipinski definition) is 5. The molecule has 27 heavy (non-hydrogen) atoms. The molecule has 7 nitrogen and oxygen atoms in total. The van der Waals surface area contributed by atoms with Crippen molar-refractivity contribution in [1.82, 2.24) is 10.2 Å². The van der Waals surface area contributed by atoms with Crippen LogP contribution >= 0.6 is 0 Å². The van der Waals surface area contributed by atoms with Crippen molar-refractivity contribution in [2.24, 2.45) is 5.92 Å². The molecule has 0 spiro atoms. The van der Waals surface area contributed by atoms with E-state index in [9.17, 15) is 19.2 Å². The average Bonchev–Trinajstić information content (AvgIpc) is 2.91. The maximum Gasteiger partial charge on any atom is 0.326 e. The molecule has 1 aliphatic rings. The predicted octanol–water partition coefficient (Wildman–Crippen LogP) is 2.16. The van der Waals surface area contributed by atoms with E-state index in [0.29, 0.717) is 12.5 Å². The zero-order valence-electron chi connectivity index (χ0n) is 15.8. The Labute approximate surface area is 159 Å². The molecule has 0 saturated carbocycles. The fraction of sp³-hybridized carbons (Fsp3) is 0.500. The number of ether oxygens (including phenoxy) is 1. The lowest BCUT2D eigenvalue weighted by molar-refractivity contribution is -0.148. The molecule has 1 heterocycles. The zero-order valence-corrected chi connectivity index (χ0v) is 15.8. The van der Waals surface area contributed by atoms with E-state index in [1.807, 2.05) is 0 Å². The van der Waals surface area contributed by atoms with Crippen LogP contribution in [0, 0.1) is 5.92 Å². The molecule has 7 heteroatoms. The van der Waals surface area contributed by atoms with Gasteiger partial charge in [-0.1, -0.05) is 45.2 Å². The van der Waals surface area contributed by atoms with E-state index in [-0.39, 0.29) is 17.0 Å². The number of nitrogens with zero attached hydrogens (tertiary/aromatic N) is 1. The Morgan fingerprint density at radius 1 is 1.11 bits per heavy atom. The molecule has 1 aromatic rings. The van der Waals surface area contributed by atoms with Crippen molar-refractivity contribution in [1.29, 1.82) is 0 Å². The van der Waals surface area contributed by atoms with Crippen LogP contribution in [0.15, 0.2) is 24.3 Å². The minimum atomic E-state index is -0.794. The van der Waals surface area contributed by atoms with Crippen LogP contribution in [-0.4, -0.2) is 48.3 Å². The van der Waals surface area contributed by atoms with Crippen molar-refractivity contribution >= 4 is 23.7 Å². The maximum absolute atomic E-state index is 12.2. The molecule has 0 aromatic heterocycles. The third-order valence-electron chi connectivity index (χ3n) is 4.66. The topological polar surface area (TPSA) is 92.8 Å². The van der Waals surface area contributed by atoms with Crippen molar-refractivity contribution in [3.8, 4) is 0 Å². The summed E-state index contributed by atoms with van der Waals surface area (Å²) in [6.07, 6.45) is 4.25. The maximum atomic E-state index is 12.2. The molecule has 0 radical (unpaired) electrons. The van der Waals surface area contributed by atoms with Gasteiger partial charge in [0.15, 0.2) is 6.61 Å². The molecule has 1 N–H and O–H groups in total. The van der Waals surface area contributed by atoms with Gasteiger partial charge in [0.25, 0.3) is 17.7 Å². The molecule has 2 rings (SSSR count). The molecular formula is C20H26N2O5. The number of fused-ring (bicyclic) bond motifs is 1. The van der Waals surface area contributed by atoms with Gasteiger partial charge in [-0.05, 0) is 24.5 Å². The summed E-state index contributed by atoms with van der Waals surface area (Å²) in [5, 5.41) is 2.76. The monoisotopic (exact) mass is 374 g/mol. The summed E-state index contributed by atoms with van der Waals surface area (Å²) in [5.41, 5.74) is 0.538. The molecule has 0 aliphatic carbocycles. The number of carbonyl (C=O) groups is 4. The van der Waals surface area contributed by atoms with Crippen molar-refractivity contribution in [3.05, 3.63) is 35.4 Å². The fourth-order valence-corrected chi connectivity index (χ4v) is 2.96. The van der Waals surface area contributed by atoms with E-state index in [4.69, 9.17) is 4.74 Å². The lowest BCUT2D eigenvalue weighted by Crippen LogP contribution is -2.38. The SMILES string of the molecule is CCCC[C@H](CC)CNC(=O)COC(=O)CN1C(=O)c2ccccc2C1=O. The number of esters is 1. The average molecular weight is 374 g/mol. The smallest absolute Gasteiger partial charge is 0.326 e. The van der Waals surface area contributed by atoms with Gasteiger partial charge in [0.05, 0.1) is 11.1 Å². The molecule has 146 valence electrons. The number of rotatable bonds is 10. The van der Waals surface area contributed by atoms with Gasteiger partial charge in [-0.15, -0.1) is 0 Å². The lowest BCUT2D eigenvalue weighted by atomic mass is 9.99. The van der Waals surface area contributed by atoms with Gasteiger partial charge in [-0.3, -0.25) is 24.1 Å². The highest BCUT2D eigenvalue weighted by molar-refractivity contribution is 6.22. The van der Waals surface area contributed by atoms with Gasteiger partial charge >= 0.3 is 5.97 Å². The first kappa shape index (κ1) is 20.6. The first-order chi connectivity index (χ1) is 13.0. The highest BCUT2D eigenvalue weighted by Crippen LogP contribution is 2.22. The minimum Gasteiger partial charge on any atom is -0.454 e. The summed E-state index contributed by atoms with van der Waals surface area (Å²) in [7, 11) is 0. The third kappa shape index (κ3) is 5.39. The number of unbranched alkanes of at least 4 members (excludes halogenated alkanes) is 1. The Kier molecular flexibility index (Phi) is 7.52. The Bertz CT molecular complexity index is 681. The van der Waals surface area contributed by atoms with Crippen LogP contribution in [0.1, 0.15) is 60.2 Å². The van der Waals surface area contributed by atoms with Gasteiger partial charge in [0, 0.05) is 6.54 Å². The second kappa shape index (κ2) is 9.85. The van der Waals surface area contributed by atoms with E-state index < -0.39 is 30.9 Å². The summed E-state index contributed by atoms with van der Waals surface area (Å²) in [6, 6.07) is 6.38. The molecule has 1 aliphatic heterocycles. The fourth-order valence-electron chi connectivity index (χ4n) is 2.96.